The SMILES string of the molecule is O=C(COc1c(Br)cc(Br)c2cccnc12)NCCc1ccccc1. The summed E-state index contributed by atoms with van der Waals surface area (Å²) in [5.74, 6) is 0.409. The standard InChI is InChI=1S/C19H16Br2N2O2/c20-15-11-16(21)19(18-14(15)7-4-9-23-18)25-12-17(24)22-10-8-13-5-2-1-3-6-13/h1-7,9,11H,8,10,12H2,(H,22,24). The molecule has 0 aliphatic heterocycles. The second kappa shape index (κ2) is 8.45. The number of aromatic nitrogens is 1. The molecular formula is C19H16Br2N2O2. The van der Waals surface area contributed by atoms with Crippen molar-refractivity contribution < 1.29 is 9.53 Å². The number of nitrogens with zero attached hydrogens (tertiary/aromatic N) is 1. The summed E-state index contributed by atoms with van der Waals surface area (Å²) in [4.78, 5) is 16.4. The Bertz CT molecular complexity index is 885. The number of fused-ring (bicyclic) bond motifs is 1. The van der Waals surface area contributed by atoms with Crippen molar-refractivity contribution in [1.29, 1.82) is 0 Å². The van der Waals surface area contributed by atoms with Gasteiger partial charge in [-0.2, -0.15) is 0 Å². The average molecular weight is 464 g/mol. The van der Waals surface area contributed by atoms with Crippen LogP contribution in [0.3, 0.4) is 0 Å². The smallest absolute Gasteiger partial charge is 0.257 e. The zero-order chi connectivity index (χ0) is 17.6. The fraction of sp³-hybridized carbons (Fsp3) is 0.158. The van der Waals surface area contributed by atoms with Gasteiger partial charge >= 0.3 is 0 Å². The normalized spacial score (nSPS) is 10.6. The van der Waals surface area contributed by atoms with Gasteiger partial charge in [0.15, 0.2) is 12.4 Å². The van der Waals surface area contributed by atoms with E-state index in [1.165, 1.54) is 5.56 Å². The quantitative estimate of drug-likeness (QED) is 0.585. The highest BCUT2D eigenvalue weighted by atomic mass is 79.9. The predicted molar refractivity (Wildman–Crippen MR) is 106 cm³/mol. The first-order valence-electron chi connectivity index (χ1n) is 7.81. The molecule has 0 atom stereocenters. The lowest BCUT2D eigenvalue weighted by Gasteiger charge is -2.12. The molecule has 1 amide bonds. The lowest BCUT2D eigenvalue weighted by atomic mass is 10.1. The first-order chi connectivity index (χ1) is 12.1. The van der Waals surface area contributed by atoms with Crippen LogP contribution in [0, 0.1) is 0 Å². The van der Waals surface area contributed by atoms with Gasteiger partial charge in [0.2, 0.25) is 0 Å². The highest BCUT2D eigenvalue weighted by molar-refractivity contribution is 9.11. The number of carbonyl (C=O) groups is 1. The molecule has 3 aromatic rings. The van der Waals surface area contributed by atoms with E-state index < -0.39 is 0 Å². The zero-order valence-corrected chi connectivity index (χ0v) is 16.5. The summed E-state index contributed by atoms with van der Waals surface area (Å²) in [5.41, 5.74) is 1.90. The number of hydrogen-bond donors (Lipinski definition) is 1. The van der Waals surface area contributed by atoms with Crippen molar-refractivity contribution in [2.45, 2.75) is 6.42 Å². The second-order valence-corrected chi connectivity index (χ2v) is 7.15. The fourth-order valence-corrected chi connectivity index (χ4v) is 3.85. The number of hydrogen-bond acceptors (Lipinski definition) is 3. The number of pyridine rings is 1. The van der Waals surface area contributed by atoms with Gasteiger partial charge in [-0.3, -0.25) is 9.78 Å². The van der Waals surface area contributed by atoms with Crippen LogP contribution in [-0.2, 0) is 11.2 Å². The van der Waals surface area contributed by atoms with E-state index in [4.69, 9.17) is 4.74 Å². The number of benzene rings is 2. The molecule has 0 spiro atoms. The summed E-state index contributed by atoms with van der Waals surface area (Å²) in [5, 5.41) is 3.81. The number of halogens is 2. The van der Waals surface area contributed by atoms with Crippen molar-refractivity contribution in [3.8, 4) is 5.75 Å². The Labute approximate surface area is 162 Å². The summed E-state index contributed by atoms with van der Waals surface area (Å²) in [7, 11) is 0. The number of rotatable bonds is 6. The molecule has 0 aliphatic rings. The van der Waals surface area contributed by atoms with Crippen LogP contribution in [0.2, 0.25) is 0 Å². The Morgan fingerprint density at radius 3 is 2.68 bits per heavy atom. The minimum Gasteiger partial charge on any atom is -0.480 e. The molecule has 128 valence electrons. The molecule has 6 heteroatoms. The van der Waals surface area contributed by atoms with Crippen molar-refractivity contribution in [2.24, 2.45) is 0 Å². The number of nitrogens with one attached hydrogen (secondary N) is 1. The van der Waals surface area contributed by atoms with Crippen molar-refractivity contribution in [3.63, 3.8) is 0 Å². The first kappa shape index (κ1) is 17.9. The highest BCUT2D eigenvalue weighted by Crippen LogP contribution is 2.37. The van der Waals surface area contributed by atoms with Gasteiger partial charge in [0.1, 0.15) is 5.52 Å². The summed E-state index contributed by atoms with van der Waals surface area (Å²) < 4.78 is 7.40. The Kier molecular flexibility index (Phi) is 6.04. The molecule has 1 N–H and O–H groups in total. The predicted octanol–water partition coefficient (Wildman–Crippen LogP) is 4.50. The Hall–Kier alpha value is -1.92. The van der Waals surface area contributed by atoms with E-state index >= 15 is 0 Å². The van der Waals surface area contributed by atoms with Crippen LogP contribution >= 0.6 is 31.9 Å². The average Bonchev–Trinajstić information content (AvgIpc) is 2.62. The third-order valence-corrected chi connectivity index (χ3v) is 4.92. The minimum absolute atomic E-state index is 0.0549. The first-order valence-corrected chi connectivity index (χ1v) is 9.40. The Morgan fingerprint density at radius 2 is 1.88 bits per heavy atom. The number of carbonyl (C=O) groups excluding carboxylic acids is 1. The van der Waals surface area contributed by atoms with Gasteiger partial charge in [0, 0.05) is 22.6 Å². The van der Waals surface area contributed by atoms with Gasteiger partial charge in [-0.1, -0.05) is 52.3 Å². The van der Waals surface area contributed by atoms with Crippen LogP contribution in [0.1, 0.15) is 5.56 Å². The van der Waals surface area contributed by atoms with Crippen LogP contribution < -0.4 is 10.1 Å². The van der Waals surface area contributed by atoms with Crippen molar-refractivity contribution >= 4 is 48.7 Å². The molecule has 25 heavy (non-hydrogen) atoms. The van der Waals surface area contributed by atoms with E-state index in [0.717, 1.165) is 20.8 Å². The Morgan fingerprint density at radius 1 is 1.08 bits per heavy atom. The lowest BCUT2D eigenvalue weighted by molar-refractivity contribution is -0.123. The van der Waals surface area contributed by atoms with E-state index in [1.807, 2.05) is 48.5 Å². The molecule has 0 aliphatic carbocycles. The third kappa shape index (κ3) is 4.58. The van der Waals surface area contributed by atoms with Crippen LogP contribution in [0.4, 0.5) is 0 Å². The minimum atomic E-state index is -0.158. The summed E-state index contributed by atoms with van der Waals surface area (Å²) in [6.45, 7) is 0.521. The molecule has 0 bridgehead atoms. The molecule has 3 rings (SSSR count). The van der Waals surface area contributed by atoms with Gasteiger partial charge in [0.25, 0.3) is 5.91 Å². The highest BCUT2D eigenvalue weighted by Gasteiger charge is 2.13. The van der Waals surface area contributed by atoms with Crippen LogP contribution in [0.25, 0.3) is 10.9 Å². The van der Waals surface area contributed by atoms with Gasteiger partial charge in [0.05, 0.1) is 4.47 Å². The second-order valence-electron chi connectivity index (χ2n) is 5.44. The van der Waals surface area contributed by atoms with Gasteiger partial charge in [-0.05, 0) is 40.0 Å². The molecule has 2 aromatic carbocycles. The van der Waals surface area contributed by atoms with E-state index in [0.29, 0.717) is 17.8 Å². The van der Waals surface area contributed by atoms with E-state index in [2.05, 4.69) is 42.2 Å². The molecule has 0 unspecified atom stereocenters. The molecule has 0 saturated heterocycles. The maximum atomic E-state index is 12.0. The number of ether oxygens (including phenoxy) is 1. The van der Waals surface area contributed by atoms with Gasteiger partial charge in [-0.15, -0.1) is 0 Å². The topological polar surface area (TPSA) is 51.2 Å². The molecule has 4 nitrogen and oxygen atoms in total. The maximum Gasteiger partial charge on any atom is 0.257 e. The van der Waals surface area contributed by atoms with Crippen LogP contribution in [-0.4, -0.2) is 24.0 Å². The van der Waals surface area contributed by atoms with Gasteiger partial charge in [-0.25, -0.2) is 0 Å². The zero-order valence-electron chi connectivity index (χ0n) is 13.3. The molecule has 1 heterocycles. The van der Waals surface area contributed by atoms with Crippen molar-refractivity contribution in [1.82, 2.24) is 10.3 Å². The molecule has 0 fully saturated rings. The molecule has 0 saturated carbocycles. The molecule has 0 radical (unpaired) electrons. The van der Waals surface area contributed by atoms with E-state index in [9.17, 15) is 4.79 Å². The van der Waals surface area contributed by atoms with E-state index in [-0.39, 0.29) is 12.5 Å². The molecule has 1 aromatic heterocycles. The largest absolute Gasteiger partial charge is 0.480 e. The lowest BCUT2D eigenvalue weighted by Crippen LogP contribution is -2.30. The fourth-order valence-electron chi connectivity index (χ4n) is 2.46. The molecular weight excluding hydrogens is 448 g/mol. The van der Waals surface area contributed by atoms with Gasteiger partial charge < -0.3 is 10.1 Å². The van der Waals surface area contributed by atoms with Crippen molar-refractivity contribution in [3.05, 3.63) is 69.2 Å². The Balaban J connectivity index is 1.60. The summed E-state index contributed by atoms with van der Waals surface area (Å²) in [6, 6.07) is 15.7. The van der Waals surface area contributed by atoms with Crippen molar-refractivity contribution in [2.75, 3.05) is 13.2 Å². The maximum absolute atomic E-state index is 12.0. The van der Waals surface area contributed by atoms with Crippen LogP contribution in [0.15, 0.2) is 63.7 Å². The monoisotopic (exact) mass is 462 g/mol. The van der Waals surface area contributed by atoms with E-state index in [1.54, 1.807) is 6.20 Å². The summed E-state index contributed by atoms with van der Waals surface area (Å²) in [6.07, 6.45) is 2.49. The summed E-state index contributed by atoms with van der Waals surface area (Å²) >= 11 is 6.99. The number of amides is 1. The van der Waals surface area contributed by atoms with Crippen LogP contribution in [0.5, 0.6) is 5.75 Å². The third-order valence-electron chi connectivity index (χ3n) is 3.68.